The summed E-state index contributed by atoms with van der Waals surface area (Å²) in [6.45, 7) is 5.77. The molecule has 0 spiro atoms. The topological polar surface area (TPSA) is 63.9 Å². The molecule has 1 aliphatic heterocycles. The number of imidazole rings is 1. The fourth-order valence-corrected chi connectivity index (χ4v) is 3.92. The van der Waals surface area contributed by atoms with Crippen LogP contribution in [0.3, 0.4) is 0 Å². The van der Waals surface area contributed by atoms with Crippen molar-refractivity contribution in [2.45, 2.75) is 45.3 Å². The number of pyridine rings is 2. The summed E-state index contributed by atoms with van der Waals surface area (Å²) in [6, 6.07) is 7.77. The van der Waals surface area contributed by atoms with Gasteiger partial charge < -0.3 is 4.57 Å². The van der Waals surface area contributed by atoms with E-state index < -0.39 is 0 Å². The summed E-state index contributed by atoms with van der Waals surface area (Å²) in [5, 5.41) is 0. The first-order valence-electron chi connectivity index (χ1n) is 9.73. The molecule has 4 heterocycles. The lowest BCUT2D eigenvalue weighted by Gasteiger charge is -2.36. The standard InChI is InChI=1S/C22H25N5O/c1-16(2)27-15-25-19-7-11-26(14-18-4-3-8-24-13-18)22(21(19)27)20(28)12-17-5-9-23-10-6-17/h3-6,8-10,13,15-16,22H,7,11-12,14H2,1-2H3. The third-order valence-electron chi connectivity index (χ3n) is 5.27. The van der Waals surface area contributed by atoms with E-state index in [1.807, 2.05) is 30.7 Å². The van der Waals surface area contributed by atoms with Crippen molar-refractivity contribution in [3.8, 4) is 0 Å². The number of nitrogens with zero attached hydrogens (tertiary/aromatic N) is 5. The van der Waals surface area contributed by atoms with E-state index in [-0.39, 0.29) is 17.9 Å². The first-order valence-corrected chi connectivity index (χ1v) is 9.73. The SMILES string of the molecule is CC(C)n1cnc2c1C(C(=O)Cc1ccncc1)N(Cc1cccnc1)CC2. The Labute approximate surface area is 165 Å². The van der Waals surface area contributed by atoms with E-state index in [1.54, 1.807) is 18.6 Å². The van der Waals surface area contributed by atoms with Crippen molar-refractivity contribution in [3.63, 3.8) is 0 Å². The molecule has 0 fully saturated rings. The van der Waals surface area contributed by atoms with E-state index in [1.165, 1.54) is 0 Å². The summed E-state index contributed by atoms with van der Waals surface area (Å²) >= 11 is 0. The quantitative estimate of drug-likeness (QED) is 0.662. The maximum absolute atomic E-state index is 13.5. The first-order chi connectivity index (χ1) is 13.6. The molecule has 3 aromatic rings. The lowest BCUT2D eigenvalue weighted by Crippen LogP contribution is -2.41. The van der Waals surface area contributed by atoms with Crippen molar-refractivity contribution in [1.82, 2.24) is 24.4 Å². The lowest BCUT2D eigenvalue weighted by molar-refractivity contribution is -0.124. The van der Waals surface area contributed by atoms with Gasteiger partial charge in [-0.25, -0.2) is 4.98 Å². The molecule has 0 saturated carbocycles. The molecular formula is C22H25N5O. The largest absolute Gasteiger partial charge is 0.330 e. The van der Waals surface area contributed by atoms with Crippen LogP contribution in [0.2, 0.25) is 0 Å². The van der Waals surface area contributed by atoms with Gasteiger partial charge in [-0.3, -0.25) is 19.7 Å². The normalized spacial score (nSPS) is 16.9. The van der Waals surface area contributed by atoms with Crippen LogP contribution in [-0.2, 0) is 24.2 Å². The second-order valence-corrected chi connectivity index (χ2v) is 7.56. The van der Waals surface area contributed by atoms with E-state index in [4.69, 9.17) is 0 Å². The third kappa shape index (κ3) is 3.73. The van der Waals surface area contributed by atoms with Crippen molar-refractivity contribution in [3.05, 3.63) is 77.9 Å². The summed E-state index contributed by atoms with van der Waals surface area (Å²) in [7, 11) is 0. The van der Waals surface area contributed by atoms with E-state index in [0.717, 1.165) is 35.5 Å². The molecule has 0 aliphatic carbocycles. The van der Waals surface area contributed by atoms with Crippen LogP contribution >= 0.6 is 0 Å². The van der Waals surface area contributed by atoms with Crippen LogP contribution in [0.25, 0.3) is 0 Å². The van der Waals surface area contributed by atoms with E-state index in [0.29, 0.717) is 13.0 Å². The summed E-state index contributed by atoms with van der Waals surface area (Å²) in [5.41, 5.74) is 4.20. The minimum atomic E-state index is -0.304. The van der Waals surface area contributed by atoms with Gasteiger partial charge in [0.1, 0.15) is 6.04 Å². The monoisotopic (exact) mass is 375 g/mol. The molecule has 0 aromatic carbocycles. The highest BCUT2D eigenvalue weighted by Crippen LogP contribution is 2.33. The molecule has 0 saturated heterocycles. The molecule has 1 unspecified atom stereocenters. The highest BCUT2D eigenvalue weighted by atomic mass is 16.1. The summed E-state index contributed by atoms with van der Waals surface area (Å²) in [4.78, 5) is 28.7. The molecular weight excluding hydrogens is 350 g/mol. The minimum absolute atomic E-state index is 0.193. The first kappa shape index (κ1) is 18.5. The average Bonchev–Trinajstić information content (AvgIpc) is 3.13. The number of ketones is 1. The Hall–Kier alpha value is -2.86. The van der Waals surface area contributed by atoms with Crippen LogP contribution in [0, 0.1) is 0 Å². The number of Topliss-reactive ketones (excluding diaryl/α,β-unsaturated/α-hetero) is 1. The van der Waals surface area contributed by atoms with Gasteiger partial charge in [0.05, 0.1) is 17.7 Å². The van der Waals surface area contributed by atoms with Gasteiger partial charge in [-0.2, -0.15) is 0 Å². The van der Waals surface area contributed by atoms with Crippen molar-refractivity contribution in [1.29, 1.82) is 0 Å². The van der Waals surface area contributed by atoms with Crippen LogP contribution in [0.5, 0.6) is 0 Å². The smallest absolute Gasteiger partial charge is 0.160 e. The number of fused-ring (bicyclic) bond motifs is 1. The summed E-state index contributed by atoms with van der Waals surface area (Å²) in [5.74, 6) is 0.193. The van der Waals surface area contributed by atoms with Gasteiger partial charge in [0.2, 0.25) is 0 Å². The van der Waals surface area contributed by atoms with Crippen LogP contribution in [0.15, 0.2) is 55.4 Å². The fraction of sp³-hybridized carbons (Fsp3) is 0.364. The summed E-state index contributed by atoms with van der Waals surface area (Å²) < 4.78 is 2.15. The second-order valence-electron chi connectivity index (χ2n) is 7.56. The van der Waals surface area contributed by atoms with E-state index in [9.17, 15) is 4.79 Å². The molecule has 0 radical (unpaired) electrons. The van der Waals surface area contributed by atoms with Crippen molar-refractivity contribution < 1.29 is 4.79 Å². The number of aromatic nitrogens is 4. The van der Waals surface area contributed by atoms with Crippen molar-refractivity contribution in [2.24, 2.45) is 0 Å². The van der Waals surface area contributed by atoms with Gasteiger partial charge in [-0.1, -0.05) is 6.07 Å². The number of hydrogen-bond acceptors (Lipinski definition) is 5. The van der Waals surface area contributed by atoms with Gasteiger partial charge in [0, 0.05) is 56.8 Å². The molecule has 0 N–H and O–H groups in total. The molecule has 1 aliphatic rings. The van der Waals surface area contributed by atoms with Crippen LogP contribution in [-0.4, -0.2) is 36.7 Å². The molecule has 1 atom stereocenters. The fourth-order valence-electron chi connectivity index (χ4n) is 3.92. The molecule has 0 bridgehead atoms. The lowest BCUT2D eigenvalue weighted by atomic mass is 9.94. The predicted molar refractivity (Wildman–Crippen MR) is 107 cm³/mol. The predicted octanol–water partition coefficient (Wildman–Crippen LogP) is 3.17. The molecule has 144 valence electrons. The van der Waals surface area contributed by atoms with Crippen LogP contribution < -0.4 is 0 Å². The number of carbonyl (C=O) groups is 1. The average molecular weight is 375 g/mol. The maximum atomic E-state index is 13.5. The van der Waals surface area contributed by atoms with Gasteiger partial charge in [-0.05, 0) is 43.2 Å². The van der Waals surface area contributed by atoms with E-state index >= 15 is 0 Å². The Morgan fingerprint density at radius 2 is 1.96 bits per heavy atom. The van der Waals surface area contributed by atoms with Crippen LogP contribution in [0.4, 0.5) is 0 Å². The Bertz CT molecular complexity index is 936. The maximum Gasteiger partial charge on any atom is 0.160 e. The highest BCUT2D eigenvalue weighted by molar-refractivity contribution is 5.87. The number of hydrogen-bond donors (Lipinski definition) is 0. The Kier molecular flexibility index (Phi) is 5.30. The minimum Gasteiger partial charge on any atom is -0.330 e. The Morgan fingerprint density at radius 3 is 2.68 bits per heavy atom. The van der Waals surface area contributed by atoms with Crippen molar-refractivity contribution >= 4 is 5.78 Å². The second kappa shape index (κ2) is 8.02. The molecule has 28 heavy (non-hydrogen) atoms. The molecule has 4 rings (SSSR count). The highest BCUT2D eigenvalue weighted by Gasteiger charge is 2.36. The Balaban J connectivity index is 1.69. The van der Waals surface area contributed by atoms with Gasteiger partial charge in [-0.15, -0.1) is 0 Å². The Morgan fingerprint density at radius 1 is 1.14 bits per heavy atom. The third-order valence-corrected chi connectivity index (χ3v) is 5.27. The summed E-state index contributed by atoms with van der Waals surface area (Å²) in [6.07, 6.45) is 10.3. The van der Waals surface area contributed by atoms with Gasteiger partial charge in [0.25, 0.3) is 0 Å². The number of carbonyl (C=O) groups excluding carboxylic acids is 1. The molecule has 6 nitrogen and oxygen atoms in total. The zero-order valence-electron chi connectivity index (χ0n) is 16.3. The zero-order chi connectivity index (χ0) is 19.5. The zero-order valence-corrected chi connectivity index (χ0v) is 16.3. The van der Waals surface area contributed by atoms with Gasteiger partial charge in [0.15, 0.2) is 5.78 Å². The molecule has 3 aromatic heterocycles. The number of rotatable bonds is 6. The van der Waals surface area contributed by atoms with Crippen LogP contribution in [0.1, 0.15) is 48.4 Å². The van der Waals surface area contributed by atoms with Gasteiger partial charge >= 0.3 is 0 Å². The van der Waals surface area contributed by atoms with Crippen molar-refractivity contribution in [2.75, 3.05) is 6.54 Å². The molecule has 0 amide bonds. The molecule has 6 heteroatoms. The van der Waals surface area contributed by atoms with E-state index in [2.05, 4.69) is 44.3 Å².